The fraction of sp³-hybridized carbons (Fsp3) is 0.278. The van der Waals surface area contributed by atoms with Crippen molar-refractivity contribution in [2.75, 3.05) is 0 Å². The maximum absolute atomic E-state index is 12.2. The molecule has 3 rings (SSSR count). The number of aromatic nitrogens is 3. The number of imidazole rings is 1. The largest absolute Gasteiger partial charge is 0.457 e. The molecule has 3 aromatic rings. The van der Waals surface area contributed by atoms with Crippen molar-refractivity contribution in [3.8, 4) is 0 Å². The third kappa shape index (κ3) is 3.22. The van der Waals surface area contributed by atoms with Gasteiger partial charge in [-0.3, -0.25) is 4.98 Å². The molecule has 2 aromatic heterocycles. The zero-order valence-electron chi connectivity index (χ0n) is 13.8. The Kier molecular flexibility index (Phi) is 4.20. The second kappa shape index (κ2) is 6.31. The number of benzene rings is 1. The Hall–Kier alpha value is -2.89. The van der Waals surface area contributed by atoms with E-state index >= 15 is 0 Å². The molecule has 0 saturated heterocycles. The first-order chi connectivity index (χ1) is 11.4. The average Bonchev–Trinajstić information content (AvgIpc) is 2.92. The molecule has 2 N–H and O–H groups in total. The molecular weight excluding hydrogens is 306 g/mol. The molecule has 0 unspecified atom stereocenters. The summed E-state index contributed by atoms with van der Waals surface area (Å²) >= 11 is 0. The molecule has 0 aliphatic carbocycles. The number of carbonyl (C=O) groups is 1. The lowest BCUT2D eigenvalue weighted by Gasteiger charge is -2.10. The van der Waals surface area contributed by atoms with Crippen molar-refractivity contribution in [3.63, 3.8) is 0 Å². The van der Waals surface area contributed by atoms with Crippen LogP contribution >= 0.6 is 0 Å². The van der Waals surface area contributed by atoms with Crippen LogP contribution in [0.2, 0.25) is 0 Å². The van der Waals surface area contributed by atoms with E-state index in [-0.39, 0.29) is 12.3 Å². The van der Waals surface area contributed by atoms with E-state index in [4.69, 9.17) is 4.74 Å². The van der Waals surface area contributed by atoms with Crippen LogP contribution in [0.4, 0.5) is 0 Å². The number of carbonyl (C=O) groups excluding carboxylic acids is 1. The molecule has 0 spiro atoms. The smallest absolute Gasteiger partial charge is 0.338 e. The zero-order valence-corrected chi connectivity index (χ0v) is 13.8. The molecule has 0 aliphatic heterocycles. The van der Waals surface area contributed by atoms with E-state index in [0.717, 1.165) is 17.0 Å². The highest BCUT2D eigenvalue weighted by Crippen LogP contribution is 2.16. The predicted octanol–water partition coefficient (Wildman–Crippen LogP) is 3.04. The van der Waals surface area contributed by atoms with E-state index in [0.29, 0.717) is 22.5 Å². The van der Waals surface area contributed by atoms with Crippen molar-refractivity contribution in [3.05, 3.63) is 63.3 Å². The van der Waals surface area contributed by atoms with Crippen molar-refractivity contribution in [2.45, 2.75) is 33.3 Å². The van der Waals surface area contributed by atoms with Gasteiger partial charge < -0.3 is 14.7 Å². The summed E-state index contributed by atoms with van der Waals surface area (Å²) in [5.74, 6) is -0.0816. The number of aryl methyl sites for hydroxylation is 1. The average molecular weight is 325 g/mol. The number of H-pyrrole nitrogens is 2. The summed E-state index contributed by atoms with van der Waals surface area (Å²) < 4.78 is 5.37. The molecule has 1 aromatic carbocycles. The van der Waals surface area contributed by atoms with Crippen molar-refractivity contribution < 1.29 is 9.53 Å². The number of hydrogen-bond acceptors (Lipinski definition) is 4. The lowest BCUT2D eigenvalue weighted by Crippen LogP contribution is -2.07. The summed E-state index contributed by atoms with van der Waals surface area (Å²) in [5, 5.41) is 0. The number of ether oxygens (including phenoxy) is 1. The molecule has 0 aliphatic rings. The highest BCUT2D eigenvalue weighted by Gasteiger charge is 2.11. The van der Waals surface area contributed by atoms with E-state index in [1.807, 2.05) is 19.1 Å². The van der Waals surface area contributed by atoms with Gasteiger partial charge in [-0.2, -0.15) is 0 Å². The summed E-state index contributed by atoms with van der Waals surface area (Å²) in [4.78, 5) is 33.3. The fourth-order valence-corrected chi connectivity index (χ4v) is 2.47. The van der Waals surface area contributed by atoms with Gasteiger partial charge >= 0.3 is 11.7 Å². The van der Waals surface area contributed by atoms with Crippen LogP contribution in [0.25, 0.3) is 11.0 Å². The highest BCUT2D eigenvalue weighted by molar-refractivity contribution is 5.93. The molecule has 0 atom stereocenters. The molecule has 0 saturated carbocycles. The third-order valence-corrected chi connectivity index (χ3v) is 3.92. The van der Waals surface area contributed by atoms with E-state index < -0.39 is 5.97 Å². The molecule has 0 bridgehead atoms. The molecule has 0 radical (unpaired) electrons. The number of fused-ring (bicyclic) bond motifs is 1. The van der Waals surface area contributed by atoms with Crippen LogP contribution in [0.3, 0.4) is 0 Å². The van der Waals surface area contributed by atoms with Crippen molar-refractivity contribution >= 4 is 17.0 Å². The van der Waals surface area contributed by atoms with Crippen LogP contribution < -0.4 is 5.69 Å². The Morgan fingerprint density at radius 3 is 2.62 bits per heavy atom. The topological polar surface area (TPSA) is 87.8 Å². The van der Waals surface area contributed by atoms with E-state index in [9.17, 15) is 9.59 Å². The molecule has 124 valence electrons. The number of rotatable bonds is 4. The monoisotopic (exact) mass is 325 g/mol. The second-order valence-electron chi connectivity index (χ2n) is 6.05. The summed E-state index contributed by atoms with van der Waals surface area (Å²) in [6.45, 7) is 6.25. The van der Waals surface area contributed by atoms with Gasteiger partial charge in [0, 0.05) is 17.0 Å². The van der Waals surface area contributed by atoms with Crippen molar-refractivity contribution in [1.29, 1.82) is 0 Å². The Balaban J connectivity index is 1.73. The van der Waals surface area contributed by atoms with Crippen LogP contribution in [-0.4, -0.2) is 20.9 Å². The molecule has 6 heteroatoms. The normalized spacial score (nSPS) is 11.2. The van der Waals surface area contributed by atoms with Gasteiger partial charge in [0.25, 0.3) is 0 Å². The number of esters is 1. The summed E-state index contributed by atoms with van der Waals surface area (Å²) in [6, 6.07) is 8.80. The van der Waals surface area contributed by atoms with Crippen LogP contribution in [-0.2, 0) is 11.3 Å². The van der Waals surface area contributed by atoms with Gasteiger partial charge in [-0.05, 0) is 37.1 Å². The summed E-state index contributed by atoms with van der Waals surface area (Å²) in [5.41, 5.74) is 4.08. The van der Waals surface area contributed by atoms with Crippen LogP contribution in [0.5, 0.6) is 0 Å². The number of hydrogen-bond donors (Lipinski definition) is 2. The number of nitrogens with one attached hydrogen (secondary N) is 2. The van der Waals surface area contributed by atoms with Gasteiger partial charge in [-0.25, -0.2) is 9.59 Å². The van der Waals surface area contributed by atoms with E-state index in [1.165, 1.54) is 0 Å². The number of aromatic amines is 2. The van der Waals surface area contributed by atoms with Crippen molar-refractivity contribution in [1.82, 2.24) is 15.0 Å². The first kappa shape index (κ1) is 16.0. The van der Waals surface area contributed by atoms with E-state index in [2.05, 4.69) is 28.8 Å². The molecule has 24 heavy (non-hydrogen) atoms. The molecule has 2 heterocycles. The quantitative estimate of drug-likeness (QED) is 0.722. The van der Waals surface area contributed by atoms with Crippen LogP contribution in [0.1, 0.15) is 47.1 Å². The maximum Gasteiger partial charge on any atom is 0.338 e. The zero-order chi connectivity index (χ0) is 17.3. The lowest BCUT2D eigenvalue weighted by molar-refractivity contribution is 0.0472. The van der Waals surface area contributed by atoms with Gasteiger partial charge in [0.2, 0.25) is 0 Å². The second-order valence-corrected chi connectivity index (χ2v) is 6.05. The highest BCUT2D eigenvalue weighted by atomic mass is 16.5. The first-order valence-electron chi connectivity index (χ1n) is 7.79. The Morgan fingerprint density at radius 1 is 1.17 bits per heavy atom. The third-order valence-electron chi connectivity index (χ3n) is 3.92. The molecule has 6 nitrogen and oxygen atoms in total. The minimum Gasteiger partial charge on any atom is -0.457 e. The SMILES string of the molecule is Cc1nc(C(C)C)ccc1COC(=O)c1ccc2[nH]c(=O)[nH]c2c1. The van der Waals surface area contributed by atoms with Gasteiger partial charge in [-0.15, -0.1) is 0 Å². The number of pyridine rings is 1. The van der Waals surface area contributed by atoms with Gasteiger partial charge in [0.1, 0.15) is 6.61 Å². The van der Waals surface area contributed by atoms with Crippen molar-refractivity contribution in [2.24, 2.45) is 0 Å². The fourth-order valence-electron chi connectivity index (χ4n) is 2.47. The maximum atomic E-state index is 12.2. The number of nitrogens with zero attached hydrogens (tertiary/aromatic N) is 1. The molecule has 0 amide bonds. The molecular formula is C18H19N3O3. The van der Waals surface area contributed by atoms with Gasteiger partial charge in [0.05, 0.1) is 16.6 Å². The lowest BCUT2D eigenvalue weighted by atomic mass is 10.1. The Morgan fingerprint density at radius 2 is 1.92 bits per heavy atom. The van der Waals surface area contributed by atoms with Gasteiger partial charge in [0.15, 0.2) is 0 Å². The Labute approximate surface area is 138 Å². The van der Waals surface area contributed by atoms with Gasteiger partial charge in [-0.1, -0.05) is 19.9 Å². The standard InChI is InChI=1S/C18H19N3O3/c1-10(2)14-6-5-13(11(3)19-14)9-24-17(22)12-4-7-15-16(8-12)21-18(23)20-15/h4-8,10H,9H2,1-3H3,(H2,20,21,23). The molecule has 0 fully saturated rings. The van der Waals surface area contributed by atoms with Crippen LogP contribution in [0.15, 0.2) is 35.1 Å². The summed E-state index contributed by atoms with van der Waals surface area (Å²) in [6.07, 6.45) is 0. The first-order valence-corrected chi connectivity index (χ1v) is 7.79. The van der Waals surface area contributed by atoms with Crippen LogP contribution in [0, 0.1) is 6.92 Å². The van der Waals surface area contributed by atoms with E-state index in [1.54, 1.807) is 18.2 Å². The summed E-state index contributed by atoms with van der Waals surface area (Å²) in [7, 11) is 0. The predicted molar refractivity (Wildman–Crippen MR) is 91.1 cm³/mol. The Bertz CT molecular complexity index is 954. The minimum atomic E-state index is -0.439. The minimum absolute atomic E-state index is 0.164.